The van der Waals surface area contributed by atoms with E-state index in [1.54, 1.807) is 12.3 Å². The summed E-state index contributed by atoms with van der Waals surface area (Å²) in [6, 6.07) is 10.3. The van der Waals surface area contributed by atoms with Crippen LogP contribution in [0.5, 0.6) is 0 Å². The first-order chi connectivity index (χ1) is 12.5. The van der Waals surface area contributed by atoms with Gasteiger partial charge in [-0.1, -0.05) is 6.07 Å². The van der Waals surface area contributed by atoms with E-state index in [-0.39, 0.29) is 5.69 Å². The zero-order valence-corrected chi connectivity index (χ0v) is 13.3. The monoisotopic (exact) mass is 358 g/mol. The van der Waals surface area contributed by atoms with Crippen LogP contribution >= 0.6 is 0 Å². The molecule has 0 aliphatic carbocycles. The molecule has 2 aromatic heterocycles. The topological polar surface area (TPSA) is 66.9 Å². The minimum Gasteiger partial charge on any atom is -0.378 e. The first kappa shape index (κ1) is 17.4. The van der Waals surface area contributed by atoms with Crippen LogP contribution < -0.4 is 10.6 Å². The van der Waals surface area contributed by atoms with E-state index in [0.717, 1.165) is 17.8 Å². The van der Waals surface area contributed by atoms with Gasteiger partial charge in [0.05, 0.1) is 29.8 Å². The Bertz CT molecular complexity index is 918. The molecule has 3 aromatic rings. The van der Waals surface area contributed by atoms with Crippen molar-refractivity contribution in [2.75, 3.05) is 10.6 Å². The lowest BCUT2D eigenvalue weighted by Crippen LogP contribution is -2.15. The summed E-state index contributed by atoms with van der Waals surface area (Å²) in [5, 5.41) is 5.25. The molecule has 8 heteroatoms. The third-order valence-electron chi connectivity index (χ3n) is 3.48. The Labute approximate surface area is 146 Å². The van der Waals surface area contributed by atoms with Gasteiger partial charge in [-0.05, 0) is 36.4 Å². The number of amides is 1. The summed E-state index contributed by atoms with van der Waals surface area (Å²) in [5.41, 5.74) is 1.03. The van der Waals surface area contributed by atoms with Gasteiger partial charge >= 0.3 is 0 Å². The second-order valence-corrected chi connectivity index (χ2v) is 5.28. The third kappa shape index (κ3) is 3.97. The van der Waals surface area contributed by atoms with Crippen LogP contribution in [-0.4, -0.2) is 15.9 Å². The Morgan fingerprint density at radius 3 is 2.50 bits per heavy atom. The molecule has 5 nitrogen and oxygen atoms in total. The minimum atomic E-state index is -1.65. The maximum Gasteiger partial charge on any atom is 0.274 e. The molecule has 1 aromatic carbocycles. The molecule has 0 aliphatic heterocycles. The predicted octanol–water partition coefficient (Wildman–Crippen LogP) is 3.76. The van der Waals surface area contributed by atoms with Crippen LogP contribution in [0.4, 0.5) is 24.5 Å². The summed E-state index contributed by atoms with van der Waals surface area (Å²) >= 11 is 0. The van der Waals surface area contributed by atoms with Crippen molar-refractivity contribution in [3.8, 4) is 0 Å². The molecular weight excluding hydrogens is 345 g/mol. The summed E-state index contributed by atoms with van der Waals surface area (Å²) in [6.07, 6.45) is 3.11. The minimum absolute atomic E-state index is 0.00230. The molecule has 0 aliphatic rings. The van der Waals surface area contributed by atoms with Gasteiger partial charge in [-0.3, -0.25) is 9.78 Å². The highest BCUT2D eigenvalue weighted by Gasteiger charge is 2.16. The second kappa shape index (κ2) is 7.64. The fourth-order valence-corrected chi connectivity index (χ4v) is 2.14. The number of rotatable bonds is 5. The van der Waals surface area contributed by atoms with E-state index in [4.69, 9.17) is 0 Å². The summed E-state index contributed by atoms with van der Waals surface area (Å²) in [4.78, 5) is 20.2. The number of aromatic nitrogens is 2. The molecule has 2 heterocycles. The highest BCUT2D eigenvalue weighted by molar-refractivity contribution is 6.03. The van der Waals surface area contributed by atoms with E-state index in [1.165, 1.54) is 12.3 Å². The molecule has 0 unspecified atom stereocenters. The van der Waals surface area contributed by atoms with Gasteiger partial charge in [0.15, 0.2) is 17.5 Å². The van der Waals surface area contributed by atoms with E-state index in [0.29, 0.717) is 12.2 Å². The molecule has 0 bridgehead atoms. The smallest absolute Gasteiger partial charge is 0.274 e. The van der Waals surface area contributed by atoms with Crippen molar-refractivity contribution in [3.63, 3.8) is 0 Å². The predicted molar refractivity (Wildman–Crippen MR) is 90.1 cm³/mol. The fraction of sp³-hybridized carbons (Fsp3) is 0.0556. The molecular formula is C18H13F3N4O. The van der Waals surface area contributed by atoms with Crippen LogP contribution in [0.1, 0.15) is 16.2 Å². The number of nitrogens with zero attached hydrogens (tertiary/aromatic N) is 2. The number of carbonyl (C=O) groups is 1. The van der Waals surface area contributed by atoms with Crippen molar-refractivity contribution in [1.29, 1.82) is 0 Å². The SMILES string of the molecule is O=C(Nc1ccc(F)c(F)c1F)c1ccc(NCc2ccccn2)cn1. The van der Waals surface area contributed by atoms with Gasteiger partial charge in [0.1, 0.15) is 5.69 Å². The van der Waals surface area contributed by atoms with Gasteiger partial charge < -0.3 is 10.6 Å². The van der Waals surface area contributed by atoms with E-state index >= 15 is 0 Å². The van der Waals surface area contributed by atoms with Gasteiger partial charge in [-0.15, -0.1) is 0 Å². The van der Waals surface area contributed by atoms with Crippen LogP contribution in [0.15, 0.2) is 54.9 Å². The summed E-state index contributed by atoms with van der Waals surface area (Å²) < 4.78 is 39.7. The van der Waals surface area contributed by atoms with Gasteiger partial charge in [-0.25, -0.2) is 18.2 Å². The molecule has 0 fully saturated rings. The Balaban J connectivity index is 1.64. The molecule has 0 saturated heterocycles. The summed E-state index contributed by atoms with van der Waals surface area (Å²) in [5.74, 6) is -5.19. The van der Waals surface area contributed by atoms with Gasteiger partial charge in [0, 0.05) is 6.20 Å². The van der Waals surface area contributed by atoms with Crippen molar-refractivity contribution in [2.45, 2.75) is 6.54 Å². The lowest BCUT2D eigenvalue weighted by Gasteiger charge is -2.08. The maximum absolute atomic E-state index is 13.6. The van der Waals surface area contributed by atoms with E-state index < -0.39 is 29.0 Å². The Morgan fingerprint density at radius 1 is 0.962 bits per heavy atom. The van der Waals surface area contributed by atoms with Crippen LogP contribution in [0.2, 0.25) is 0 Å². The molecule has 0 saturated carbocycles. The number of hydrogen-bond acceptors (Lipinski definition) is 4. The van der Waals surface area contributed by atoms with E-state index in [2.05, 4.69) is 20.6 Å². The molecule has 26 heavy (non-hydrogen) atoms. The van der Waals surface area contributed by atoms with Gasteiger partial charge in [0.25, 0.3) is 5.91 Å². The third-order valence-corrected chi connectivity index (χ3v) is 3.48. The van der Waals surface area contributed by atoms with Crippen molar-refractivity contribution >= 4 is 17.3 Å². The summed E-state index contributed by atoms with van der Waals surface area (Å²) in [6.45, 7) is 0.480. The molecule has 0 atom stereocenters. The van der Waals surface area contributed by atoms with E-state index in [9.17, 15) is 18.0 Å². The quantitative estimate of drug-likeness (QED) is 0.682. The standard InChI is InChI=1S/C18H13F3N4O/c19-13-5-7-14(17(21)16(13)20)25-18(26)15-6-4-12(10-24-15)23-9-11-3-1-2-8-22-11/h1-8,10,23H,9H2,(H,25,26). The lowest BCUT2D eigenvalue weighted by molar-refractivity contribution is 0.102. The highest BCUT2D eigenvalue weighted by atomic mass is 19.2. The Hall–Kier alpha value is -3.42. The number of anilines is 2. The highest BCUT2D eigenvalue weighted by Crippen LogP contribution is 2.20. The second-order valence-electron chi connectivity index (χ2n) is 5.28. The Morgan fingerprint density at radius 2 is 1.81 bits per heavy atom. The molecule has 132 valence electrons. The zero-order chi connectivity index (χ0) is 18.5. The van der Waals surface area contributed by atoms with Crippen LogP contribution in [0.3, 0.4) is 0 Å². The summed E-state index contributed by atoms with van der Waals surface area (Å²) in [7, 11) is 0. The van der Waals surface area contributed by atoms with Crippen LogP contribution in [0, 0.1) is 17.5 Å². The number of nitrogens with one attached hydrogen (secondary N) is 2. The van der Waals surface area contributed by atoms with E-state index in [1.807, 2.05) is 18.2 Å². The number of hydrogen-bond donors (Lipinski definition) is 2. The van der Waals surface area contributed by atoms with Crippen molar-refractivity contribution < 1.29 is 18.0 Å². The molecule has 0 radical (unpaired) electrons. The average Bonchev–Trinajstić information content (AvgIpc) is 2.68. The van der Waals surface area contributed by atoms with Crippen molar-refractivity contribution in [2.24, 2.45) is 0 Å². The number of benzene rings is 1. The van der Waals surface area contributed by atoms with Gasteiger partial charge in [-0.2, -0.15) is 0 Å². The first-order valence-electron chi connectivity index (χ1n) is 7.59. The first-order valence-corrected chi connectivity index (χ1v) is 7.59. The normalized spacial score (nSPS) is 10.4. The van der Waals surface area contributed by atoms with Crippen molar-refractivity contribution in [1.82, 2.24) is 9.97 Å². The maximum atomic E-state index is 13.6. The molecule has 0 spiro atoms. The van der Waals surface area contributed by atoms with Gasteiger partial charge in [0.2, 0.25) is 0 Å². The zero-order valence-electron chi connectivity index (χ0n) is 13.3. The number of pyridine rings is 2. The lowest BCUT2D eigenvalue weighted by atomic mass is 10.2. The average molecular weight is 358 g/mol. The number of carbonyl (C=O) groups excluding carboxylic acids is 1. The molecule has 3 rings (SSSR count). The largest absolute Gasteiger partial charge is 0.378 e. The van der Waals surface area contributed by atoms with Crippen LogP contribution in [-0.2, 0) is 6.54 Å². The molecule has 2 N–H and O–H groups in total. The number of halogens is 3. The van der Waals surface area contributed by atoms with Crippen molar-refractivity contribution in [3.05, 3.63) is 83.7 Å². The Kier molecular flexibility index (Phi) is 5.12. The van der Waals surface area contributed by atoms with Crippen LogP contribution in [0.25, 0.3) is 0 Å². The fourth-order valence-electron chi connectivity index (χ4n) is 2.14. The molecule has 1 amide bonds.